The van der Waals surface area contributed by atoms with E-state index in [4.69, 9.17) is 11.6 Å². The van der Waals surface area contributed by atoms with Gasteiger partial charge in [0.25, 0.3) is 0 Å². The van der Waals surface area contributed by atoms with Crippen molar-refractivity contribution >= 4 is 29.1 Å². The van der Waals surface area contributed by atoms with Crippen LogP contribution in [0.3, 0.4) is 0 Å². The molecule has 0 atom stereocenters. The summed E-state index contributed by atoms with van der Waals surface area (Å²) in [5, 5.41) is 0.546. The van der Waals surface area contributed by atoms with Crippen molar-refractivity contribution in [2.75, 3.05) is 11.5 Å². The van der Waals surface area contributed by atoms with Crippen LogP contribution >= 0.6 is 23.4 Å². The highest BCUT2D eigenvalue weighted by Crippen LogP contribution is 2.17. The van der Waals surface area contributed by atoms with Crippen LogP contribution in [0.2, 0.25) is 5.02 Å². The number of carbonyl (C=O) groups is 1. The van der Waals surface area contributed by atoms with Crippen LogP contribution in [-0.2, 0) is 0 Å². The molecule has 0 N–H and O–H groups in total. The van der Waals surface area contributed by atoms with E-state index in [0.29, 0.717) is 16.3 Å². The molecule has 0 aliphatic rings. The zero-order valence-electron chi connectivity index (χ0n) is 7.42. The minimum absolute atomic E-state index is 0.109. The molecular formula is C10H11ClOS. The van der Waals surface area contributed by atoms with Crippen LogP contribution in [0.1, 0.15) is 17.3 Å². The Morgan fingerprint density at radius 3 is 2.77 bits per heavy atom. The van der Waals surface area contributed by atoms with Crippen LogP contribution in [0.5, 0.6) is 0 Å². The average molecular weight is 215 g/mol. The number of benzene rings is 1. The van der Waals surface area contributed by atoms with Gasteiger partial charge in [-0.25, -0.2) is 0 Å². The van der Waals surface area contributed by atoms with Gasteiger partial charge in [0.2, 0.25) is 0 Å². The molecule has 0 radical (unpaired) electrons. The van der Waals surface area contributed by atoms with Crippen molar-refractivity contribution in [3.8, 4) is 0 Å². The van der Waals surface area contributed by atoms with Gasteiger partial charge < -0.3 is 0 Å². The van der Waals surface area contributed by atoms with E-state index in [1.807, 2.05) is 19.1 Å². The zero-order valence-corrected chi connectivity index (χ0v) is 8.99. The van der Waals surface area contributed by atoms with Gasteiger partial charge in [0.15, 0.2) is 5.78 Å². The topological polar surface area (TPSA) is 17.1 Å². The van der Waals surface area contributed by atoms with E-state index in [1.165, 1.54) is 0 Å². The molecule has 0 aliphatic heterocycles. The molecule has 0 spiro atoms. The lowest BCUT2D eigenvalue weighted by Gasteiger charge is -2.01. The number of Topliss-reactive ketones (excluding diaryl/α,β-unsaturated/α-hetero) is 1. The van der Waals surface area contributed by atoms with E-state index < -0.39 is 0 Å². The summed E-state index contributed by atoms with van der Waals surface area (Å²) in [4.78, 5) is 11.5. The lowest BCUT2D eigenvalue weighted by molar-refractivity contribution is 0.102. The van der Waals surface area contributed by atoms with Crippen LogP contribution in [-0.4, -0.2) is 17.3 Å². The summed E-state index contributed by atoms with van der Waals surface area (Å²) in [5.74, 6) is 1.58. The van der Waals surface area contributed by atoms with Crippen LogP contribution < -0.4 is 0 Å². The lowest BCUT2D eigenvalue weighted by atomic mass is 10.1. The maximum Gasteiger partial charge on any atom is 0.174 e. The molecule has 0 unspecified atom stereocenters. The van der Waals surface area contributed by atoms with Crippen molar-refractivity contribution in [2.24, 2.45) is 0 Å². The number of rotatable bonds is 4. The zero-order chi connectivity index (χ0) is 9.68. The monoisotopic (exact) mass is 214 g/mol. The third kappa shape index (κ3) is 3.05. The number of hydrogen-bond acceptors (Lipinski definition) is 2. The fourth-order valence-electron chi connectivity index (χ4n) is 0.960. The smallest absolute Gasteiger partial charge is 0.174 e. The second kappa shape index (κ2) is 5.30. The molecule has 0 aromatic heterocycles. The highest BCUT2D eigenvalue weighted by atomic mass is 35.5. The van der Waals surface area contributed by atoms with Gasteiger partial charge in [-0.05, 0) is 17.9 Å². The molecule has 1 nitrogen and oxygen atoms in total. The van der Waals surface area contributed by atoms with Crippen LogP contribution in [0.25, 0.3) is 0 Å². The normalized spacial score (nSPS) is 10.0. The Kier molecular flexibility index (Phi) is 4.33. The predicted molar refractivity (Wildman–Crippen MR) is 58.8 cm³/mol. The van der Waals surface area contributed by atoms with Gasteiger partial charge in [-0.3, -0.25) is 4.79 Å². The summed E-state index contributed by atoms with van der Waals surface area (Å²) in [6.45, 7) is 2.03. The van der Waals surface area contributed by atoms with E-state index in [9.17, 15) is 4.79 Å². The summed E-state index contributed by atoms with van der Waals surface area (Å²) in [7, 11) is 0. The van der Waals surface area contributed by atoms with Crippen molar-refractivity contribution in [1.82, 2.24) is 0 Å². The first-order valence-corrected chi connectivity index (χ1v) is 5.64. The predicted octanol–water partition coefficient (Wildman–Crippen LogP) is 3.28. The van der Waals surface area contributed by atoms with Gasteiger partial charge in [0, 0.05) is 5.56 Å². The third-order valence-corrected chi connectivity index (χ3v) is 2.82. The van der Waals surface area contributed by atoms with Crippen molar-refractivity contribution in [3.05, 3.63) is 34.9 Å². The molecule has 3 heteroatoms. The Balaban J connectivity index is 2.71. The van der Waals surface area contributed by atoms with Crippen molar-refractivity contribution in [2.45, 2.75) is 6.92 Å². The van der Waals surface area contributed by atoms with Crippen LogP contribution in [0.15, 0.2) is 24.3 Å². The maximum absolute atomic E-state index is 11.5. The number of carbonyl (C=O) groups excluding carboxylic acids is 1. The highest BCUT2D eigenvalue weighted by Gasteiger charge is 2.08. The minimum Gasteiger partial charge on any atom is -0.293 e. The summed E-state index contributed by atoms with van der Waals surface area (Å²) >= 11 is 7.48. The first-order valence-electron chi connectivity index (χ1n) is 4.11. The third-order valence-electron chi connectivity index (χ3n) is 1.61. The van der Waals surface area contributed by atoms with E-state index in [-0.39, 0.29) is 5.78 Å². The fourth-order valence-corrected chi connectivity index (χ4v) is 1.75. The molecule has 0 heterocycles. The molecule has 1 aromatic rings. The summed E-state index contributed by atoms with van der Waals surface area (Å²) < 4.78 is 0. The molecule has 0 bridgehead atoms. The summed E-state index contributed by atoms with van der Waals surface area (Å²) in [6, 6.07) is 7.16. The van der Waals surface area contributed by atoms with E-state index in [1.54, 1.807) is 23.9 Å². The fraction of sp³-hybridized carbons (Fsp3) is 0.300. The molecule has 70 valence electrons. The summed E-state index contributed by atoms with van der Waals surface area (Å²) in [6.07, 6.45) is 0. The molecule has 0 aliphatic carbocycles. The van der Waals surface area contributed by atoms with Crippen LogP contribution in [0, 0.1) is 0 Å². The van der Waals surface area contributed by atoms with Gasteiger partial charge in [-0.1, -0.05) is 30.7 Å². The Morgan fingerprint density at radius 2 is 2.15 bits per heavy atom. The van der Waals surface area contributed by atoms with Gasteiger partial charge in [-0.15, -0.1) is 0 Å². The highest BCUT2D eigenvalue weighted by molar-refractivity contribution is 7.99. The van der Waals surface area contributed by atoms with Crippen molar-refractivity contribution in [3.63, 3.8) is 0 Å². The largest absolute Gasteiger partial charge is 0.293 e. The van der Waals surface area contributed by atoms with Gasteiger partial charge >= 0.3 is 0 Å². The number of hydrogen-bond donors (Lipinski definition) is 0. The quantitative estimate of drug-likeness (QED) is 0.716. The minimum atomic E-state index is 0.109. The Hall–Kier alpha value is -0.470. The first kappa shape index (κ1) is 10.6. The van der Waals surface area contributed by atoms with E-state index in [2.05, 4.69) is 0 Å². The molecular weight excluding hydrogens is 204 g/mol. The SMILES string of the molecule is CCSCC(=O)c1ccccc1Cl. The number of ketones is 1. The standard InChI is InChI=1S/C10H11ClOS/c1-2-13-7-10(12)8-5-3-4-6-9(8)11/h3-6H,2,7H2,1H3. The Bertz CT molecular complexity index is 299. The Morgan fingerprint density at radius 1 is 1.46 bits per heavy atom. The molecule has 13 heavy (non-hydrogen) atoms. The number of halogens is 1. The van der Waals surface area contributed by atoms with Crippen LogP contribution in [0.4, 0.5) is 0 Å². The first-order chi connectivity index (χ1) is 6.25. The second-order valence-corrected chi connectivity index (χ2v) is 4.22. The molecule has 1 aromatic carbocycles. The molecule has 0 amide bonds. The maximum atomic E-state index is 11.5. The Labute approximate surface area is 87.5 Å². The van der Waals surface area contributed by atoms with Crippen molar-refractivity contribution in [1.29, 1.82) is 0 Å². The summed E-state index contributed by atoms with van der Waals surface area (Å²) in [5.41, 5.74) is 0.630. The second-order valence-electron chi connectivity index (χ2n) is 2.54. The molecule has 1 rings (SSSR count). The van der Waals surface area contributed by atoms with E-state index in [0.717, 1.165) is 5.75 Å². The van der Waals surface area contributed by atoms with E-state index >= 15 is 0 Å². The lowest BCUT2D eigenvalue weighted by Crippen LogP contribution is -2.03. The number of thioether (sulfide) groups is 1. The average Bonchev–Trinajstić information content (AvgIpc) is 2.15. The van der Waals surface area contributed by atoms with Gasteiger partial charge in [0.05, 0.1) is 10.8 Å². The molecule has 0 saturated carbocycles. The van der Waals surface area contributed by atoms with Crippen molar-refractivity contribution < 1.29 is 4.79 Å². The van der Waals surface area contributed by atoms with Gasteiger partial charge in [-0.2, -0.15) is 11.8 Å². The molecule has 0 fully saturated rings. The molecule has 0 saturated heterocycles. The van der Waals surface area contributed by atoms with Gasteiger partial charge in [0.1, 0.15) is 0 Å².